The Hall–Kier alpha value is -2.25. The summed E-state index contributed by atoms with van der Waals surface area (Å²) in [5.74, 6) is -0.463. The second kappa shape index (κ2) is 7.76. The molecule has 3 rings (SSSR count). The molecule has 0 atom stereocenters. The number of carbonyl (C=O) groups excluding carboxylic acids is 1. The van der Waals surface area contributed by atoms with Gasteiger partial charge in [0.05, 0.1) is 18.0 Å². The van der Waals surface area contributed by atoms with Crippen LogP contribution >= 0.6 is 0 Å². The van der Waals surface area contributed by atoms with Crippen molar-refractivity contribution in [3.63, 3.8) is 0 Å². The summed E-state index contributed by atoms with van der Waals surface area (Å²) >= 11 is 0. The number of amides is 1. The first-order valence-corrected chi connectivity index (χ1v) is 9.87. The molecule has 0 spiro atoms. The fourth-order valence-corrected chi connectivity index (χ4v) is 4.25. The van der Waals surface area contributed by atoms with Gasteiger partial charge in [-0.1, -0.05) is 30.3 Å². The molecular formula is C18H21N3O3S. The molecule has 6 nitrogen and oxygen atoms in total. The number of hydrogen-bond donors (Lipinski definition) is 1. The highest BCUT2D eigenvalue weighted by atomic mass is 32.2. The minimum absolute atomic E-state index is 0.0483. The van der Waals surface area contributed by atoms with E-state index in [-0.39, 0.29) is 18.1 Å². The molecule has 0 saturated heterocycles. The van der Waals surface area contributed by atoms with Crippen LogP contribution in [-0.4, -0.2) is 35.9 Å². The molecule has 1 N–H and O–H groups in total. The lowest BCUT2D eigenvalue weighted by atomic mass is 10.0. The SMILES string of the molecule is O=C(CCS(=O)(=O)N1CCc2ccccc2C1)NCc1ccccn1. The first-order chi connectivity index (χ1) is 12.0. The van der Waals surface area contributed by atoms with Crippen LogP contribution in [0.2, 0.25) is 0 Å². The third-order valence-corrected chi connectivity index (χ3v) is 6.09. The second-order valence-corrected chi connectivity index (χ2v) is 8.10. The Bertz CT molecular complexity index is 838. The monoisotopic (exact) mass is 359 g/mol. The van der Waals surface area contributed by atoms with Crippen LogP contribution in [0.5, 0.6) is 0 Å². The summed E-state index contributed by atoms with van der Waals surface area (Å²) in [6, 6.07) is 13.3. The Morgan fingerprint density at radius 1 is 1.12 bits per heavy atom. The molecule has 1 amide bonds. The number of rotatable bonds is 6. The van der Waals surface area contributed by atoms with Crippen LogP contribution in [0.4, 0.5) is 0 Å². The second-order valence-electron chi connectivity index (χ2n) is 6.02. The van der Waals surface area contributed by atoms with Gasteiger partial charge in [0.2, 0.25) is 15.9 Å². The summed E-state index contributed by atoms with van der Waals surface area (Å²) < 4.78 is 26.5. The minimum atomic E-state index is -3.45. The normalized spacial score (nSPS) is 14.7. The summed E-state index contributed by atoms with van der Waals surface area (Å²) in [6.07, 6.45) is 2.31. The van der Waals surface area contributed by atoms with Crippen LogP contribution in [0.25, 0.3) is 0 Å². The van der Waals surface area contributed by atoms with E-state index in [2.05, 4.69) is 10.3 Å². The molecule has 0 saturated carbocycles. The lowest BCUT2D eigenvalue weighted by Gasteiger charge is -2.28. The van der Waals surface area contributed by atoms with Gasteiger partial charge in [-0.05, 0) is 29.7 Å². The van der Waals surface area contributed by atoms with Crippen molar-refractivity contribution < 1.29 is 13.2 Å². The first-order valence-electron chi connectivity index (χ1n) is 8.26. The van der Waals surface area contributed by atoms with Crippen molar-refractivity contribution >= 4 is 15.9 Å². The smallest absolute Gasteiger partial charge is 0.221 e. The van der Waals surface area contributed by atoms with Gasteiger partial charge >= 0.3 is 0 Å². The van der Waals surface area contributed by atoms with Crippen LogP contribution in [-0.2, 0) is 34.3 Å². The van der Waals surface area contributed by atoms with E-state index in [4.69, 9.17) is 0 Å². The summed E-state index contributed by atoms with van der Waals surface area (Å²) in [5, 5.41) is 2.71. The molecule has 0 aliphatic carbocycles. The average Bonchev–Trinajstić information content (AvgIpc) is 2.65. The van der Waals surface area contributed by atoms with E-state index in [1.165, 1.54) is 9.87 Å². The van der Waals surface area contributed by atoms with E-state index in [1.54, 1.807) is 12.3 Å². The maximum atomic E-state index is 12.5. The molecule has 2 aromatic rings. The van der Waals surface area contributed by atoms with E-state index in [0.717, 1.165) is 11.3 Å². The van der Waals surface area contributed by atoms with E-state index < -0.39 is 10.0 Å². The predicted molar refractivity (Wildman–Crippen MR) is 95.0 cm³/mol. The van der Waals surface area contributed by atoms with Crippen molar-refractivity contribution in [2.75, 3.05) is 12.3 Å². The van der Waals surface area contributed by atoms with Crippen LogP contribution in [0, 0.1) is 0 Å². The number of fused-ring (bicyclic) bond motifs is 1. The van der Waals surface area contributed by atoms with Gasteiger partial charge in [0.15, 0.2) is 0 Å². The number of sulfonamides is 1. The van der Waals surface area contributed by atoms with Crippen molar-refractivity contribution in [3.8, 4) is 0 Å². The molecule has 7 heteroatoms. The fourth-order valence-electron chi connectivity index (χ4n) is 2.84. The molecule has 0 radical (unpaired) electrons. The van der Waals surface area contributed by atoms with Crippen molar-refractivity contribution in [1.82, 2.24) is 14.6 Å². The molecule has 132 valence electrons. The molecule has 0 fully saturated rings. The Labute approximate surface area is 147 Å². The zero-order valence-electron chi connectivity index (χ0n) is 13.9. The van der Waals surface area contributed by atoms with Crippen LogP contribution in [0.15, 0.2) is 48.7 Å². The molecule has 1 aliphatic rings. The molecule has 0 unspecified atom stereocenters. The topological polar surface area (TPSA) is 79.4 Å². The zero-order chi connectivity index (χ0) is 17.7. The van der Waals surface area contributed by atoms with Crippen molar-refractivity contribution in [1.29, 1.82) is 0 Å². The highest BCUT2D eigenvalue weighted by Gasteiger charge is 2.26. The Balaban J connectivity index is 1.51. The van der Waals surface area contributed by atoms with Gasteiger partial charge in [-0.25, -0.2) is 8.42 Å². The summed E-state index contributed by atoms with van der Waals surface area (Å²) in [7, 11) is -3.45. The number of nitrogens with one attached hydrogen (secondary N) is 1. The third kappa shape index (κ3) is 4.64. The molecule has 1 aromatic heterocycles. The van der Waals surface area contributed by atoms with Gasteiger partial charge < -0.3 is 5.32 Å². The molecule has 1 aromatic carbocycles. The minimum Gasteiger partial charge on any atom is -0.350 e. The van der Waals surface area contributed by atoms with Crippen LogP contribution in [0.1, 0.15) is 23.2 Å². The number of pyridine rings is 1. The molecule has 0 bridgehead atoms. The number of aromatic nitrogens is 1. The van der Waals surface area contributed by atoms with Crippen molar-refractivity contribution in [2.45, 2.75) is 25.9 Å². The first kappa shape index (κ1) is 17.6. The molecular weight excluding hydrogens is 338 g/mol. The van der Waals surface area contributed by atoms with Gasteiger partial charge in [0.1, 0.15) is 0 Å². The quantitative estimate of drug-likeness (QED) is 0.847. The van der Waals surface area contributed by atoms with E-state index in [1.807, 2.05) is 36.4 Å². The summed E-state index contributed by atoms with van der Waals surface area (Å²) in [6.45, 7) is 1.15. The van der Waals surface area contributed by atoms with Gasteiger partial charge in [0, 0.05) is 25.7 Å². The van der Waals surface area contributed by atoms with Gasteiger partial charge in [-0.2, -0.15) is 4.31 Å². The lowest BCUT2D eigenvalue weighted by molar-refractivity contribution is -0.120. The van der Waals surface area contributed by atoms with E-state index in [9.17, 15) is 13.2 Å². The Kier molecular flexibility index (Phi) is 5.45. The lowest BCUT2D eigenvalue weighted by Crippen LogP contribution is -2.38. The highest BCUT2D eigenvalue weighted by molar-refractivity contribution is 7.89. The Morgan fingerprint density at radius 2 is 1.88 bits per heavy atom. The van der Waals surface area contributed by atoms with Crippen LogP contribution < -0.4 is 5.32 Å². The molecule has 25 heavy (non-hydrogen) atoms. The number of hydrogen-bond acceptors (Lipinski definition) is 4. The molecule has 1 aliphatic heterocycles. The van der Waals surface area contributed by atoms with E-state index >= 15 is 0 Å². The van der Waals surface area contributed by atoms with E-state index in [0.29, 0.717) is 26.1 Å². The third-order valence-electron chi connectivity index (χ3n) is 4.27. The maximum Gasteiger partial charge on any atom is 0.221 e. The largest absolute Gasteiger partial charge is 0.350 e. The number of carbonyl (C=O) groups is 1. The zero-order valence-corrected chi connectivity index (χ0v) is 14.7. The highest BCUT2D eigenvalue weighted by Crippen LogP contribution is 2.21. The van der Waals surface area contributed by atoms with Crippen molar-refractivity contribution in [3.05, 3.63) is 65.5 Å². The van der Waals surface area contributed by atoms with Gasteiger partial charge in [0.25, 0.3) is 0 Å². The Morgan fingerprint density at radius 3 is 2.64 bits per heavy atom. The standard InChI is InChI=1S/C18H21N3O3S/c22-18(20-13-17-7-3-4-10-19-17)9-12-25(23,24)21-11-8-15-5-1-2-6-16(15)14-21/h1-7,10H,8-9,11-14H2,(H,20,22). The van der Waals surface area contributed by atoms with Gasteiger partial charge in [-0.3, -0.25) is 9.78 Å². The predicted octanol–water partition coefficient (Wildman–Crippen LogP) is 1.48. The van der Waals surface area contributed by atoms with Crippen molar-refractivity contribution in [2.24, 2.45) is 0 Å². The van der Waals surface area contributed by atoms with Crippen LogP contribution in [0.3, 0.4) is 0 Å². The summed E-state index contributed by atoms with van der Waals surface area (Å²) in [4.78, 5) is 16.0. The number of benzene rings is 1. The van der Waals surface area contributed by atoms with Gasteiger partial charge in [-0.15, -0.1) is 0 Å². The molecule has 2 heterocycles. The summed E-state index contributed by atoms with van der Waals surface area (Å²) in [5.41, 5.74) is 2.98. The average molecular weight is 359 g/mol. The fraction of sp³-hybridized carbons (Fsp3) is 0.333. The number of nitrogens with zero attached hydrogens (tertiary/aromatic N) is 2. The maximum absolute atomic E-state index is 12.5.